The van der Waals surface area contributed by atoms with Crippen molar-refractivity contribution in [3.05, 3.63) is 39.7 Å². The lowest BCUT2D eigenvalue weighted by Gasteiger charge is -2.04. The predicted molar refractivity (Wildman–Crippen MR) is 72.9 cm³/mol. The van der Waals surface area contributed by atoms with E-state index in [9.17, 15) is 0 Å². The summed E-state index contributed by atoms with van der Waals surface area (Å²) in [7, 11) is 0. The summed E-state index contributed by atoms with van der Waals surface area (Å²) in [6, 6.07) is 11.0. The van der Waals surface area contributed by atoms with Gasteiger partial charge in [0.25, 0.3) is 0 Å². The van der Waals surface area contributed by atoms with Gasteiger partial charge in [0.05, 0.1) is 5.69 Å². The van der Waals surface area contributed by atoms with Crippen LogP contribution in [0.2, 0.25) is 5.02 Å². The molecule has 6 heteroatoms. The van der Waals surface area contributed by atoms with Crippen LogP contribution in [0.15, 0.2) is 24.3 Å². The topological polar surface area (TPSA) is 85.6 Å². The van der Waals surface area contributed by atoms with Crippen LogP contribution in [-0.2, 0) is 0 Å². The van der Waals surface area contributed by atoms with E-state index in [0.29, 0.717) is 14.9 Å². The second kappa shape index (κ2) is 4.97. The van der Waals surface area contributed by atoms with Crippen LogP contribution >= 0.6 is 22.9 Å². The molecule has 0 radical (unpaired) electrons. The third-order valence-corrected chi connectivity index (χ3v) is 3.50. The van der Waals surface area contributed by atoms with Gasteiger partial charge < -0.3 is 11.1 Å². The van der Waals surface area contributed by atoms with Gasteiger partial charge in [0.15, 0.2) is 0 Å². The molecule has 0 amide bonds. The molecule has 0 unspecified atom stereocenters. The molecule has 2 aromatic rings. The third-order valence-electron chi connectivity index (χ3n) is 2.24. The maximum absolute atomic E-state index is 9.04. The fraction of sp³-hybridized carbons (Fsp3) is 0. The number of thiophene rings is 1. The van der Waals surface area contributed by atoms with E-state index in [-0.39, 0.29) is 11.3 Å². The molecule has 88 valence electrons. The molecule has 0 saturated heterocycles. The van der Waals surface area contributed by atoms with Gasteiger partial charge in [-0.05, 0) is 18.2 Å². The van der Waals surface area contributed by atoms with E-state index in [0.717, 1.165) is 17.0 Å². The lowest BCUT2D eigenvalue weighted by atomic mass is 10.2. The summed E-state index contributed by atoms with van der Waals surface area (Å²) < 4.78 is 0. The number of hydrogen-bond acceptors (Lipinski definition) is 5. The molecule has 0 fully saturated rings. The number of benzene rings is 1. The van der Waals surface area contributed by atoms with E-state index < -0.39 is 0 Å². The van der Waals surface area contributed by atoms with Gasteiger partial charge in [-0.15, -0.1) is 11.3 Å². The quantitative estimate of drug-likeness (QED) is 0.878. The van der Waals surface area contributed by atoms with Gasteiger partial charge in [-0.2, -0.15) is 10.5 Å². The SMILES string of the molecule is N#Cc1sc(Nc2cccc(Cl)c2)c(C#N)c1N. The van der Waals surface area contributed by atoms with Crippen LogP contribution in [0.4, 0.5) is 16.4 Å². The summed E-state index contributed by atoms with van der Waals surface area (Å²) in [4.78, 5) is 0.330. The third kappa shape index (κ3) is 2.23. The molecule has 0 aliphatic rings. The van der Waals surface area contributed by atoms with E-state index in [4.69, 9.17) is 27.9 Å². The van der Waals surface area contributed by atoms with Gasteiger partial charge in [-0.25, -0.2) is 0 Å². The molecule has 0 bridgehead atoms. The number of hydrogen-bond donors (Lipinski definition) is 2. The Morgan fingerprint density at radius 2 is 2.06 bits per heavy atom. The van der Waals surface area contributed by atoms with E-state index >= 15 is 0 Å². The second-order valence-electron chi connectivity index (χ2n) is 3.41. The van der Waals surface area contributed by atoms with E-state index in [1.165, 1.54) is 0 Å². The van der Waals surface area contributed by atoms with Crippen molar-refractivity contribution in [3.8, 4) is 12.1 Å². The summed E-state index contributed by atoms with van der Waals surface area (Å²) in [5.41, 5.74) is 6.95. The van der Waals surface area contributed by atoms with Crippen molar-refractivity contribution in [3.63, 3.8) is 0 Å². The fourth-order valence-corrected chi connectivity index (χ4v) is 2.50. The molecule has 0 atom stereocenters. The van der Waals surface area contributed by atoms with Gasteiger partial charge in [0.1, 0.15) is 27.6 Å². The Labute approximate surface area is 113 Å². The molecule has 1 heterocycles. The number of nitrogens with zero attached hydrogens (tertiary/aromatic N) is 2. The molecular formula is C12H7ClN4S. The fourth-order valence-electron chi connectivity index (χ4n) is 1.42. The van der Waals surface area contributed by atoms with Crippen molar-refractivity contribution >= 4 is 39.3 Å². The van der Waals surface area contributed by atoms with Gasteiger partial charge >= 0.3 is 0 Å². The number of nitrogens with two attached hydrogens (primary N) is 1. The van der Waals surface area contributed by atoms with Crippen LogP contribution < -0.4 is 11.1 Å². The highest BCUT2D eigenvalue weighted by Crippen LogP contribution is 2.36. The molecule has 0 aliphatic carbocycles. The molecule has 1 aromatic carbocycles. The van der Waals surface area contributed by atoms with Crippen molar-refractivity contribution in [1.82, 2.24) is 0 Å². The van der Waals surface area contributed by atoms with Gasteiger partial charge in [0, 0.05) is 10.7 Å². The zero-order valence-corrected chi connectivity index (χ0v) is 10.6. The Kier molecular flexibility index (Phi) is 3.38. The largest absolute Gasteiger partial charge is 0.396 e. The molecule has 0 aliphatic heterocycles. The summed E-state index contributed by atoms with van der Waals surface area (Å²) in [5, 5.41) is 22.1. The minimum atomic E-state index is 0.217. The predicted octanol–water partition coefficient (Wildman–Crippen LogP) is 3.47. The van der Waals surface area contributed by atoms with Crippen LogP contribution in [-0.4, -0.2) is 0 Å². The second-order valence-corrected chi connectivity index (χ2v) is 4.86. The zero-order chi connectivity index (χ0) is 13.1. The first-order chi connectivity index (χ1) is 8.65. The summed E-state index contributed by atoms with van der Waals surface area (Å²) in [6.07, 6.45) is 0. The number of rotatable bonds is 2. The molecule has 1 aromatic heterocycles. The number of nitriles is 2. The first-order valence-electron chi connectivity index (χ1n) is 4.90. The molecule has 18 heavy (non-hydrogen) atoms. The normalized spacial score (nSPS) is 9.50. The molecule has 2 rings (SSSR count). The highest BCUT2D eigenvalue weighted by molar-refractivity contribution is 7.17. The molecule has 4 nitrogen and oxygen atoms in total. The zero-order valence-electron chi connectivity index (χ0n) is 9.07. The van der Waals surface area contributed by atoms with E-state index in [1.807, 2.05) is 18.2 Å². The summed E-state index contributed by atoms with van der Waals surface area (Å²) >= 11 is 7.02. The Hall–Kier alpha value is -2.21. The van der Waals surface area contributed by atoms with Crippen LogP contribution in [0, 0.1) is 22.7 Å². The minimum Gasteiger partial charge on any atom is -0.396 e. The highest BCUT2D eigenvalue weighted by atomic mass is 35.5. The molecular weight excluding hydrogens is 268 g/mol. The highest BCUT2D eigenvalue weighted by Gasteiger charge is 2.15. The van der Waals surface area contributed by atoms with Crippen molar-refractivity contribution in [1.29, 1.82) is 10.5 Å². The minimum absolute atomic E-state index is 0.217. The smallest absolute Gasteiger partial charge is 0.131 e. The standard InChI is InChI=1S/C12H7ClN4S/c13-7-2-1-3-8(4-7)17-12-9(5-14)11(16)10(6-15)18-12/h1-4,17H,16H2. The van der Waals surface area contributed by atoms with Crippen LogP contribution in [0.25, 0.3) is 0 Å². The Balaban J connectivity index is 2.42. The first-order valence-corrected chi connectivity index (χ1v) is 6.10. The van der Waals surface area contributed by atoms with Gasteiger partial charge in [0.2, 0.25) is 0 Å². The molecule has 0 saturated carbocycles. The van der Waals surface area contributed by atoms with Gasteiger partial charge in [-0.3, -0.25) is 0 Å². The van der Waals surface area contributed by atoms with Crippen LogP contribution in [0.1, 0.15) is 10.4 Å². The van der Waals surface area contributed by atoms with Crippen LogP contribution in [0.3, 0.4) is 0 Å². The van der Waals surface area contributed by atoms with Crippen molar-refractivity contribution in [2.45, 2.75) is 0 Å². The summed E-state index contributed by atoms with van der Waals surface area (Å²) in [5.74, 6) is 0. The maximum Gasteiger partial charge on any atom is 0.131 e. The van der Waals surface area contributed by atoms with Crippen molar-refractivity contribution in [2.75, 3.05) is 11.1 Å². The lowest BCUT2D eigenvalue weighted by Crippen LogP contribution is -1.92. The average molecular weight is 275 g/mol. The lowest BCUT2D eigenvalue weighted by molar-refractivity contribution is 1.49. The van der Waals surface area contributed by atoms with Crippen LogP contribution in [0.5, 0.6) is 0 Å². The molecule has 0 spiro atoms. The number of nitrogens with one attached hydrogen (secondary N) is 1. The molecule has 3 N–H and O–H groups in total. The Morgan fingerprint density at radius 1 is 1.28 bits per heavy atom. The van der Waals surface area contributed by atoms with Crippen molar-refractivity contribution in [2.24, 2.45) is 0 Å². The van der Waals surface area contributed by atoms with E-state index in [1.54, 1.807) is 18.2 Å². The number of nitrogen functional groups attached to an aromatic ring is 1. The van der Waals surface area contributed by atoms with Gasteiger partial charge in [-0.1, -0.05) is 17.7 Å². The number of halogens is 1. The Bertz CT molecular complexity index is 678. The van der Waals surface area contributed by atoms with E-state index in [2.05, 4.69) is 5.32 Å². The van der Waals surface area contributed by atoms with Crippen molar-refractivity contribution < 1.29 is 0 Å². The Morgan fingerprint density at radius 3 is 2.67 bits per heavy atom. The first kappa shape index (κ1) is 12.3. The maximum atomic E-state index is 9.04. The number of anilines is 3. The monoisotopic (exact) mass is 274 g/mol. The summed E-state index contributed by atoms with van der Waals surface area (Å²) in [6.45, 7) is 0. The average Bonchev–Trinajstić information content (AvgIpc) is 2.65.